The molecule has 8 heteroatoms. The van der Waals surface area contributed by atoms with Gasteiger partial charge >= 0.3 is 0 Å². The summed E-state index contributed by atoms with van der Waals surface area (Å²) in [6.45, 7) is 1.81. The fourth-order valence-corrected chi connectivity index (χ4v) is 4.31. The van der Waals surface area contributed by atoms with Gasteiger partial charge in [-0.2, -0.15) is 5.10 Å². The lowest BCUT2D eigenvalue weighted by atomic mass is 10.2. The minimum atomic E-state index is -3.01. The maximum Gasteiger partial charge on any atom is 0.248 e. The highest BCUT2D eigenvalue weighted by Crippen LogP contribution is 2.31. The molecule has 1 saturated heterocycles. The Morgan fingerprint density at radius 3 is 2.81 bits per heavy atom. The molecule has 21 heavy (non-hydrogen) atoms. The zero-order valence-corrected chi connectivity index (χ0v) is 12.4. The highest BCUT2D eigenvalue weighted by Gasteiger charge is 2.31. The average Bonchev–Trinajstić information content (AvgIpc) is 2.91. The van der Waals surface area contributed by atoms with Gasteiger partial charge in [0, 0.05) is 11.6 Å². The Hall–Kier alpha value is -2.09. The summed E-state index contributed by atoms with van der Waals surface area (Å²) in [5, 5.41) is 4.43. The Bertz CT molecular complexity index is 851. The van der Waals surface area contributed by atoms with Crippen LogP contribution < -0.4 is 11.3 Å². The molecule has 0 bridgehead atoms. The van der Waals surface area contributed by atoms with Gasteiger partial charge in [0.25, 0.3) is 0 Å². The van der Waals surface area contributed by atoms with Crippen LogP contribution >= 0.6 is 0 Å². The van der Waals surface area contributed by atoms with Crippen LogP contribution in [0.5, 0.6) is 0 Å². The van der Waals surface area contributed by atoms with Crippen molar-refractivity contribution in [2.24, 2.45) is 0 Å². The molecular formula is C13H16N4O3S. The SMILES string of the molecule is Cc1c(-c2cccc(=O)[nH]2)nn(C2CCS(=O)(=O)C2)c1N. The molecule has 0 aliphatic carbocycles. The van der Waals surface area contributed by atoms with Crippen molar-refractivity contribution in [3.05, 3.63) is 34.1 Å². The number of nitrogens with zero attached hydrogens (tertiary/aromatic N) is 2. The van der Waals surface area contributed by atoms with Crippen molar-refractivity contribution in [1.29, 1.82) is 0 Å². The van der Waals surface area contributed by atoms with Gasteiger partial charge in [-0.25, -0.2) is 13.1 Å². The smallest absolute Gasteiger partial charge is 0.248 e. The summed E-state index contributed by atoms with van der Waals surface area (Å²) in [7, 11) is -3.01. The summed E-state index contributed by atoms with van der Waals surface area (Å²) in [6.07, 6.45) is 0.512. The topological polar surface area (TPSA) is 111 Å². The third-order valence-electron chi connectivity index (χ3n) is 3.77. The average molecular weight is 308 g/mol. The minimum absolute atomic E-state index is 0.0586. The number of nitrogen functional groups attached to an aromatic ring is 1. The van der Waals surface area contributed by atoms with Gasteiger partial charge < -0.3 is 10.7 Å². The second-order valence-electron chi connectivity index (χ2n) is 5.29. The Morgan fingerprint density at radius 2 is 2.19 bits per heavy atom. The van der Waals surface area contributed by atoms with Crippen molar-refractivity contribution in [2.75, 3.05) is 17.2 Å². The molecule has 2 aromatic rings. The van der Waals surface area contributed by atoms with Crippen molar-refractivity contribution < 1.29 is 8.42 Å². The van der Waals surface area contributed by atoms with Gasteiger partial charge in [-0.05, 0) is 19.4 Å². The summed E-state index contributed by atoms with van der Waals surface area (Å²) in [4.78, 5) is 14.1. The molecule has 1 atom stereocenters. The van der Waals surface area contributed by atoms with Crippen LogP contribution in [0.2, 0.25) is 0 Å². The van der Waals surface area contributed by atoms with Crippen LogP contribution in [0, 0.1) is 6.92 Å². The molecule has 0 aromatic carbocycles. The second-order valence-corrected chi connectivity index (χ2v) is 7.52. The Labute approximate surface area is 121 Å². The molecule has 2 aromatic heterocycles. The molecule has 1 aliphatic rings. The highest BCUT2D eigenvalue weighted by atomic mass is 32.2. The number of nitrogens with one attached hydrogen (secondary N) is 1. The number of anilines is 1. The largest absolute Gasteiger partial charge is 0.384 e. The second kappa shape index (κ2) is 4.73. The number of hydrogen-bond acceptors (Lipinski definition) is 5. The lowest BCUT2D eigenvalue weighted by molar-refractivity contribution is 0.508. The van der Waals surface area contributed by atoms with Crippen LogP contribution in [0.15, 0.2) is 23.0 Å². The van der Waals surface area contributed by atoms with Crippen molar-refractivity contribution in [3.63, 3.8) is 0 Å². The zero-order valence-electron chi connectivity index (χ0n) is 11.5. The van der Waals surface area contributed by atoms with Gasteiger partial charge in [0.05, 0.1) is 23.2 Å². The van der Waals surface area contributed by atoms with E-state index < -0.39 is 9.84 Å². The van der Waals surface area contributed by atoms with Gasteiger partial charge in [0.1, 0.15) is 11.5 Å². The lowest BCUT2D eigenvalue weighted by Gasteiger charge is -2.10. The van der Waals surface area contributed by atoms with Crippen LogP contribution in [-0.2, 0) is 9.84 Å². The number of aromatic nitrogens is 3. The molecule has 112 valence electrons. The first-order chi connectivity index (χ1) is 9.87. The van der Waals surface area contributed by atoms with Crippen molar-refractivity contribution in [3.8, 4) is 11.4 Å². The molecule has 1 aliphatic heterocycles. The lowest BCUT2D eigenvalue weighted by Crippen LogP contribution is -2.15. The summed E-state index contributed by atoms with van der Waals surface area (Å²) in [6, 6.07) is 4.56. The number of H-pyrrole nitrogens is 1. The number of rotatable bonds is 2. The van der Waals surface area contributed by atoms with Crippen molar-refractivity contribution >= 4 is 15.7 Å². The molecule has 3 N–H and O–H groups in total. The first kappa shape index (κ1) is 13.9. The molecule has 1 unspecified atom stereocenters. The fourth-order valence-electron chi connectivity index (χ4n) is 2.62. The monoisotopic (exact) mass is 308 g/mol. The molecule has 3 heterocycles. The van der Waals surface area contributed by atoms with E-state index in [1.165, 1.54) is 6.07 Å². The van der Waals surface area contributed by atoms with E-state index in [9.17, 15) is 13.2 Å². The standard InChI is InChI=1S/C13H16N4O3S/c1-8-12(10-3-2-4-11(18)15-10)16-17(13(8)14)9-5-6-21(19,20)7-9/h2-4,9H,5-7,14H2,1H3,(H,15,18). The molecule has 0 spiro atoms. The van der Waals surface area contributed by atoms with Crippen molar-refractivity contribution in [1.82, 2.24) is 14.8 Å². The predicted molar refractivity (Wildman–Crippen MR) is 79.7 cm³/mol. The summed E-state index contributed by atoms with van der Waals surface area (Å²) >= 11 is 0. The van der Waals surface area contributed by atoms with Crippen LogP contribution in [0.4, 0.5) is 5.82 Å². The van der Waals surface area contributed by atoms with E-state index in [0.717, 1.165) is 5.56 Å². The first-order valence-electron chi connectivity index (χ1n) is 6.62. The van der Waals surface area contributed by atoms with E-state index in [0.29, 0.717) is 23.6 Å². The number of sulfone groups is 1. The Balaban J connectivity index is 2.06. The van der Waals surface area contributed by atoms with E-state index >= 15 is 0 Å². The fraction of sp³-hybridized carbons (Fsp3) is 0.385. The van der Waals surface area contributed by atoms with Gasteiger partial charge in [-0.15, -0.1) is 0 Å². The predicted octanol–water partition coefficient (Wildman–Crippen LogP) is 0.489. The number of aromatic amines is 1. The number of hydrogen-bond donors (Lipinski definition) is 2. The van der Waals surface area contributed by atoms with E-state index in [2.05, 4.69) is 10.1 Å². The Kier molecular flexibility index (Phi) is 3.12. The molecule has 0 radical (unpaired) electrons. The van der Waals surface area contributed by atoms with E-state index in [1.54, 1.807) is 16.8 Å². The zero-order chi connectivity index (χ0) is 15.2. The van der Waals surface area contributed by atoms with E-state index in [4.69, 9.17) is 5.73 Å². The van der Waals surface area contributed by atoms with Gasteiger partial charge in [0.15, 0.2) is 9.84 Å². The number of pyridine rings is 1. The van der Waals surface area contributed by atoms with Gasteiger partial charge in [0.2, 0.25) is 5.56 Å². The van der Waals surface area contributed by atoms with Crippen LogP contribution in [0.3, 0.4) is 0 Å². The van der Waals surface area contributed by atoms with Crippen LogP contribution in [0.1, 0.15) is 18.0 Å². The van der Waals surface area contributed by atoms with Crippen molar-refractivity contribution in [2.45, 2.75) is 19.4 Å². The van der Waals surface area contributed by atoms with Gasteiger partial charge in [-0.1, -0.05) is 6.07 Å². The molecule has 7 nitrogen and oxygen atoms in total. The Morgan fingerprint density at radius 1 is 1.43 bits per heavy atom. The normalized spacial score (nSPS) is 20.7. The summed E-state index contributed by atoms with van der Waals surface area (Å²) < 4.78 is 24.8. The van der Waals surface area contributed by atoms with Crippen LogP contribution in [0.25, 0.3) is 11.4 Å². The minimum Gasteiger partial charge on any atom is -0.384 e. The first-order valence-corrected chi connectivity index (χ1v) is 8.44. The molecule has 3 rings (SSSR count). The molecular weight excluding hydrogens is 292 g/mol. The molecule has 0 amide bonds. The number of nitrogens with two attached hydrogens (primary N) is 1. The highest BCUT2D eigenvalue weighted by molar-refractivity contribution is 7.91. The summed E-state index contributed by atoms with van der Waals surface area (Å²) in [5.41, 5.74) is 7.73. The molecule has 1 fully saturated rings. The maximum absolute atomic E-state index is 11.6. The van der Waals surface area contributed by atoms with Crippen LogP contribution in [-0.4, -0.2) is 34.7 Å². The van der Waals surface area contributed by atoms with E-state index in [1.807, 2.05) is 6.92 Å². The third kappa shape index (κ3) is 2.46. The third-order valence-corrected chi connectivity index (χ3v) is 5.52. The quantitative estimate of drug-likeness (QED) is 0.838. The summed E-state index contributed by atoms with van der Waals surface area (Å²) in [5.74, 6) is 0.660. The molecule has 0 saturated carbocycles. The van der Waals surface area contributed by atoms with Gasteiger partial charge in [-0.3, -0.25) is 4.79 Å². The maximum atomic E-state index is 11.6. The van der Waals surface area contributed by atoms with E-state index in [-0.39, 0.29) is 23.1 Å².